The Kier molecular flexibility index (Phi) is 4.67. The smallest absolute Gasteiger partial charge is 0.00105 e. The van der Waals surface area contributed by atoms with Crippen LogP contribution in [0.25, 0.3) is 0 Å². The minimum atomic E-state index is 0.426. The van der Waals surface area contributed by atoms with Crippen LogP contribution in [0, 0.1) is 17.3 Å². The molecule has 1 N–H and O–H groups in total. The highest BCUT2D eigenvalue weighted by Gasteiger charge is 2.51. The summed E-state index contributed by atoms with van der Waals surface area (Å²) < 4.78 is 0. The van der Waals surface area contributed by atoms with Crippen LogP contribution in [0.3, 0.4) is 0 Å². The fourth-order valence-electron chi connectivity index (χ4n) is 3.29. The summed E-state index contributed by atoms with van der Waals surface area (Å²) in [7, 11) is 0. The molecule has 0 radical (unpaired) electrons. The fourth-order valence-corrected chi connectivity index (χ4v) is 3.29. The molecule has 1 heteroatoms. The SMILES string of the molecule is CCCNCC(C)(C(C)C)C1CC1c1ccccc1. The van der Waals surface area contributed by atoms with Gasteiger partial charge in [-0.2, -0.15) is 0 Å². The lowest BCUT2D eigenvalue weighted by molar-refractivity contribution is 0.168. The van der Waals surface area contributed by atoms with Gasteiger partial charge < -0.3 is 5.32 Å². The van der Waals surface area contributed by atoms with Crippen molar-refractivity contribution in [1.82, 2.24) is 5.32 Å². The lowest BCUT2D eigenvalue weighted by atomic mass is 9.73. The van der Waals surface area contributed by atoms with E-state index in [9.17, 15) is 0 Å². The molecule has 1 nitrogen and oxygen atoms in total. The lowest BCUT2D eigenvalue weighted by Gasteiger charge is -2.35. The maximum Gasteiger partial charge on any atom is 0.00105 e. The Hall–Kier alpha value is -0.820. The number of benzene rings is 1. The predicted octanol–water partition coefficient (Wildman–Crippen LogP) is 4.45. The highest BCUT2D eigenvalue weighted by Crippen LogP contribution is 2.59. The minimum Gasteiger partial charge on any atom is -0.316 e. The van der Waals surface area contributed by atoms with Crippen molar-refractivity contribution in [2.75, 3.05) is 13.1 Å². The van der Waals surface area contributed by atoms with E-state index in [-0.39, 0.29) is 0 Å². The first-order valence-corrected chi connectivity index (χ1v) is 7.85. The molecule has 0 saturated heterocycles. The molecule has 2 rings (SSSR count). The van der Waals surface area contributed by atoms with E-state index in [0.717, 1.165) is 30.8 Å². The van der Waals surface area contributed by atoms with E-state index < -0.39 is 0 Å². The zero-order chi connectivity index (χ0) is 13.9. The van der Waals surface area contributed by atoms with Crippen LogP contribution in [0.2, 0.25) is 0 Å². The highest BCUT2D eigenvalue weighted by molar-refractivity contribution is 5.27. The number of hydrogen-bond acceptors (Lipinski definition) is 1. The first-order valence-electron chi connectivity index (χ1n) is 7.85. The quantitative estimate of drug-likeness (QED) is 0.713. The van der Waals surface area contributed by atoms with Gasteiger partial charge in [0.05, 0.1) is 0 Å². The molecular formula is C18H29N. The Balaban J connectivity index is 2.02. The van der Waals surface area contributed by atoms with Crippen LogP contribution in [0.4, 0.5) is 0 Å². The zero-order valence-corrected chi connectivity index (χ0v) is 12.9. The number of hydrogen-bond donors (Lipinski definition) is 1. The van der Waals surface area contributed by atoms with Crippen molar-refractivity contribution in [1.29, 1.82) is 0 Å². The van der Waals surface area contributed by atoms with Crippen molar-refractivity contribution in [3.05, 3.63) is 35.9 Å². The third-order valence-corrected chi connectivity index (χ3v) is 5.12. The Morgan fingerprint density at radius 2 is 1.95 bits per heavy atom. The standard InChI is InChI=1S/C18H29N/c1-5-11-19-13-18(4,14(2)3)17-12-16(17)15-9-7-6-8-10-15/h6-10,14,16-17,19H,5,11-13H2,1-4H3. The number of nitrogens with one attached hydrogen (secondary N) is 1. The van der Waals surface area contributed by atoms with Crippen molar-refractivity contribution in [3.8, 4) is 0 Å². The van der Waals surface area contributed by atoms with Crippen LogP contribution < -0.4 is 5.32 Å². The average molecular weight is 259 g/mol. The maximum atomic E-state index is 3.65. The summed E-state index contributed by atoms with van der Waals surface area (Å²) in [5.74, 6) is 2.37. The van der Waals surface area contributed by atoms with Crippen LogP contribution in [0.5, 0.6) is 0 Å². The van der Waals surface area contributed by atoms with Gasteiger partial charge >= 0.3 is 0 Å². The summed E-state index contributed by atoms with van der Waals surface area (Å²) in [5.41, 5.74) is 1.96. The minimum absolute atomic E-state index is 0.426. The summed E-state index contributed by atoms with van der Waals surface area (Å²) >= 11 is 0. The average Bonchev–Trinajstić information content (AvgIpc) is 3.20. The molecule has 19 heavy (non-hydrogen) atoms. The van der Waals surface area contributed by atoms with E-state index in [0.29, 0.717) is 5.41 Å². The summed E-state index contributed by atoms with van der Waals surface area (Å²) in [6.45, 7) is 11.8. The fraction of sp³-hybridized carbons (Fsp3) is 0.667. The van der Waals surface area contributed by atoms with Gasteiger partial charge in [0.15, 0.2) is 0 Å². The summed E-state index contributed by atoms with van der Waals surface area (Å²) in [6.07, 6.45) is 2.59. The second kappa shape index (κ2) is 6.09. The first-order chi connectivity index (χ1) is 9.09. The third kappa shape index (κ3) is 3.20. The molecule has 106 valence electrons. The van der Waals surface area contributed by atoms with E-state index in [4.69, 9.17) is 0 Å². The molecule has 1 fully saturated rings. The Morgan fingerprint density at radius 3 is 2.53 bits per heavy atom. The van der Waals surface area contributed by atoms with Crippen molar-refractivity contribution >= 4 is 0 Å². The Bertz CT molecular complexity index is 384. The third-order valence-electron chi connectivity index (χ3n) is 5.12. The molecule has 1 aromatic rings. The molecule has 0 aliphatic heterocycles. The van der Waals surface area contributed by atoms with Gasteiger partial charge in [-0.3, -0.25) is 0 Å². The van der Waals surface area contributed by atoms with Crippen molar-refractivity contribution in [2.45, 2.75) is 46.5 Å². The molecule has 1 aliphatic rings. The maximum absolute atomic E-state index is 3.65. The predicted molar refractivity (Wildman–Crippen MR) is 83.4 cm³/mol. The van der Waals surface area contributed by atoms with Gasteiger partial charge in [0.1, 0.15) is 0 Å². The van der Waals surface area contributed by atoms with E-state index in [1.807, 2.05) is 0 Å². The Labute approximate surface area is 118 Å². The van der Waals surface area contributed by atoms with Crippen molar-refractivity contribution < 1.29 is 0 Å². The molecule has 0 aromatic heterocycles. The second-order valence-corrected chi connectivity index (χ2v) is 6.70. The monoisotopic (exact) mass is 259 g/mol. The molecule has 1 saturated carbocycles. The van der Waals surface area contributed by atoms with Crippen molar-refractivity contribution in [2.24, 2.45) is 17.3 Å². The summed E-state index contributed by atoms with van der Waals surface area (Å²) in [4.78, 5) is 0. The van der Waals surface area contributed by atoms with Crippen LogP contribution in [-0.2, 0) is 0 Å². The topological polar surface area (TPSA) is 12.0 Å². The van der Waals surface area contributed by atoms with Gasteiger partial charge in [-0.1, -0.05) is 58.0 Å². The summed E-state index contributed by atoms with van der Waals surface area (Å²) in [5, 5.41) is 3.65. The first kappa shape index (κ1) is 14.6. The van der Waals surface area contributed by atoms with Crippen LogP contribution in [0.15, 0.2) is 30.3 Å². The molecule has 0 spiro atoms. The van der Waals surface area contributed by atoms with Gasteiger partial charge in [-0.15, -0.1) is 0 Å². The van der Waals surface area contributed by atoms with E-state index in [2.05, 4.69) is 63.3 Å². The van der Waals surface area contributed by atoms with Gasteiger partial charge in [-0.05, 0) is 48.1 Å². The van der Waals surface area contributed by atoms with Gasteiger partial charge in [0.2, 0.25) is 0 Å². The Morgan fingerprint density at radius 1 is 1.26 bits per heavy atom. The molecule has 0 amide bonds. The molecular weight excluding hydrogens is 230 g/mol. The van der Waals surface area contributed by atoms with Gasteiger partial charge in [-0.25, -0.2) is 0 Å². The normalized spacial score (nSPS) is 25.3. The second-order valence-electron chi connectivity index (χ2n) is 6.70. The van der Waals surface area contributed by atoms with Gasteiger partial charge in [0, 0.05) is 6.54 Å². The van der Waals surface area contributed by atoms with Crippen molar-refractivity contribution in [3.63, 3.8) is 0 Å². The molecule has 1 aliphatic carbocycles. The van der Waals surface area contributed by atoms with Crippen LogP contribution in [-0.4, -0.2) is 13.1 Å². The van der Waals surface area contributed by atoms with Crippen LogP contribution in [0.1, 0.15) is 52.0 Å². The lowest BCUT2D eigenvalue weighted by Crippen LogP contribution is -2.38. The molecule has 0 bridgehead atoms. The summed E-state index contributed by atoms with van der Waals surface area (Å²) in [6, 6.07) is 11.1. The van der Waals surface area contributed by atoms with E-state index in [1.54, 1.807) is 0 Å². The zero-order valence-electron chi connectivity index (χ0n) is 12.9. The molecule has 3 unspecified atom stereocenters. The van der Waals surface area contributed by atoms with Gasteiger partial charge in [0.25, 0.3) is 0 Å². The molecule has 3 atom stereocenters. The number of rotatable bonds is 7. The van der Waals surface area contributed by atoms with E-state index >= 15 is 0 Å². The molecule has 1 aromatic carbocycles. The highest BCUT2D eigenvalue weighted by atomic mass is 14.9. The van der Waals surface area contributed by atoms with Crippen LogP contribution >= 0.6 is 0 Å². The largest absolute Gasteiger partial charge is 0.316 e. The van der Waals surface area contributed by atoms with E-state index in [1.165, 1.54) is 18.4 Å². The molecule has 0 heterocycles.